The molecule has 0 bridgehead atoms. The summed E-state index contributed by atoms with van der Waals surface area (Å²) in [6, 6.07) is 15.6. The number of aromatic nitrogens is 1. The van der Waals surface area contributed by atoms with E-state index in [-0.39, 0.29) is 0 Å². The largest absolute Gasteiger partial charge is 0.493 e. The minimum Gasteiger partial charge on any atom is -0.493 e. The van der Waals surface area contributed by atoms with E-state index in [0.29, 0.717) is 24.0 Å². The van der Waals surface area contributed by atoms with E-state index in [0.717, 1.165) is 26.8 Å². The van der Waals surface area contributed by atoms with Gasteiger partial charge >= 0.3 is 0 Å². The summed E-state index contributed by atoms with van der Waals surface area (Å²) in [5.41, 5.74) is 8.89. The Morgan fingerprint density at radius 3 is 2.56 bits per heavy atom. The topological polar surface area (TPSA) is 81.8 Å². The molecule has 0 atom stereocenters. The number of nitrogens with one attached hydrogen (secondary N) is 1. The van der Waals surface area contributed by atoms with Crippen LogP contribution in [0.5, 0.6) is 11.5 Å². The summed E-state index contributed by atoms with van der Waals surface area (Å²) in [4.78, 5) is 10.2. The first kappa shape index (κ1) is 18.7. The number of aliphatic imine (C=N–C) groups is 1. The van der Waals surface area contributed by atoms with Crippen molar-refractivity contribution in [2.45, 2.75) is 13.5 Å². The monoisotopic (exact) mass is 382 g/mol. The highest BCUT2D eigenvalue weighted by molar-refractivity contribution is 7.15. The summed E-state index contributed by atoms with van der Waals surface area (Å²) in [5.74, 6) is 1.62. The normalized spacial score (nSPS) is 11.3. The van der Waals surface area contributed by atoms with Gasteiger partial charge < -0.3 is 20.5 Å². The lowest BCUT2D eigenvalue weighted by Gasteiger charge is -2.10. The number of methoxy groups -OCH3 is 2. The van der Waals surface area contributed by atoms with Crippen LogP contribution in [0.3, 0.4) is 0 Å². The molecule has 0 aliphatic rings. The van der Waals surface area contributed by atoms with Crippen LogP contribution in [0.15, 0.2) is 53.5 Å². The maximum absolute atomic E-state index is 6.03. The van der Waals surface area contributed by atoms with Gasteiger partial charge in [0, 0.05) is 22.2 Å². The molecule has 0 amide bonds. The van der Waals surface area contributed by atoms with Crippen molar-refractivity contribution in [3.05, 3.63) is 59.1 Å². The Hall–Kier alpha value is -3.06. The molecule has 0 saturated carbocycles. The van der Waals surface area contributed by atoms with E-state index in [2.05, 4.69) is 27.4 Å². The fourth-order valence-electron chi connectivity index (χ4n) is 2.54. The molecule has 6 nitrogen and oxygen atoms in total. The highest BCUT2D eigenvalue weighted by atomic mass is 32.1. The Bertz CT molecular complexity index is 938. The van der Waals surface area contributed by atoms with Crippen LogP contribution in [-0.2, 0) is 6.54 Å². The summed E-state index contributed by atoms with van der Waals surface area (Å²) >= 11 is 1.63. The van der Waals surface area contributed by atoms with Gasteiger partial charge in [-0.05, 0) is 19.1 Å². The van der Waals surface area contributed by atoms with Crippen LogP contribution in [0.25, 0.3) is 10.6 Å². The van der Waals surface area contributed by atoms with Crippen LogP contribution in [0.4, 0.5) is 5.69 Å². The molecule has 2 aromatic carbocycles. The first-order chi connectivity index (χ1) is 13.1. The van der Waals surface area contributed by atoms with E-state index in [1.807, 2.05) is 43.3 Å². The number of rotatable bonds is 6. The number of aryl methyl sites for hydroxylation is 1. The van der Waals surface area contributed by atoms with E-state index in [9.17, 15) is 0 Å². The molecule has 27 heavy (non-hydrogen) atoms. The van der Waals surface area contributed by atoms with Crippen molar-refractivity contribution >= 4 is 23.0 Å². The third-order valence-corrected chi connectivity index (χ3v) is 5.15. The molecule has 1 aromatic heterocycles. The number of guanidine groups is 1. The maximum Gasteiger partial charge on any atom is 0.193 e. The number of thiazole rings is 1. The third-order valence-electron chi connectivity index (χ3n) is 3.96. The average molecular weight is 382 g/mol. The molecule has 3 N–H and O–H groups in total. The number of benzene rings is 2. The zero-order chi connectivity index (χ0) is 19.2. The standard InChI is InChI=1S/C20H22N4O2S/c1-13-18(27-19(23-13)14-7-5-4-6-8-14)12-22-20(21)24-15-9-10-16(25-2)17(11-15)26-3/h4-11H,12H2,1-3H3,(H3,21,22,24). The van der Waals surface area contributed by atoms with Crippen molar-refractivity contribution in [1.29, 1.82) is 0 Å². The molecule has 0 radical (unpaired) electrons. The van der Waals surface area contributed by atoms with Gasteiger partial charge in [-0.3, -0.25) is 0 Å². The van der Waals surface area contributed by atoms with Crippen molar-refractivity contribution in [2.24, 2.45) is 10.7 Å². The van der Waals surface area contributed by atoms with Crippen LogP contribution >= 0.6 is 11.3 Å². The molecule has 0 saturated heterocycles. The summed E-state index contributed by atoms with van der Waals surface area (Å²) in [7, 11) is 3.19. The fourth-order valence-corrected chi connectivity index (χ4v) is 3.53. The molecule has 3 rings (SSSR count). The van der Waals surface area contributed by atoms with Crippen molar-refractivity contribution in [1.82, 2.24) is 4.98 Å². The van der Waals surface area contributed by atoms with E-state index in [1.165, 1.54) is 0 Å². The second kappa shape index (κ2) is 8.55. The second-order valence-corrected chi connectivity index (χ2v) is 6.87. The number of hydrogen-bond acceptors (Lipinski definition) is 5. The quantitative estimate of drug-likeness (QED) is 0.496. The molecular formula is C20H22N4O2S. The molecular weight excluding hydrogens is 360 g/mol. The molecule has 0 unspecified atom stereocenters. The van der Waals surface area contributed by atoms with Gasteiger partial charge in [0.2, 0.25) is 0 Å². The number of anilines is 1. The minimum atomic E-state index is 0.330. The molecule has 3 aromatic rings. The Kier molecular flexibility index (Phi) is 5.93. The zero-order valence-electron chi connectivity index (χ0n) is 15.5. The molecule has 7 heteroatoms. The van der Waals surface area contributed by atoms with Gasteiger partial charge in [-0.2, -0.15) is 0 Å². The van der Waals surface area contributed by atoms with Gasteiger partial charge in [-0.15, -0.1) is 11.3 Å². The summed E-state index contributed by atoms with van der Waals surface area (Å²) in [5, 5.41) is 4.06. The Morgan fingerprint density at radius 1 is 1.11 bits per heavy atom. The van der Waals surface area contributed by atoms with Gasteiger partial charge in [-0.1, -0.05) is 30.3 Å². The molecule has 0 fully saturated rings. The third kappa shape index (κ3) is 4.57. The minimum absolute atomic E-state index is 0.330. The highest BCUT2D eigenvalue weighted by Gasteiger charge is 2.09. The Morgan fingerprint density at radius 2 is 1.85 bits per heavy atom. The van der Waals surface area contributed by atoms with E-state index < -0.39 is 0 Å². The lowest BCUT2D eigenvalue weighted by Crippen LogP contribution is -2.22. The number of nitrogens with two attached hydrogens (primary N) is 1. The van der Waals surface area contributed by atoms with Crippen molar-refractivity contribution < 1.29 is 9.47 Å². The molecule has 140 valence electrons. The molecule has 0 aliphatic carbocycles. The molecule has 0 aliphatic heterocycles. The van der Waals surface area contributed by atoms with Gasteiger partial charge in [0.15, 0.2) is 17.5 Å². The van der Waals surface area contributed by atoms with Gasteiger partial charge in [0.05, 0.1) is 26.5 Å². The van der Waals surface area contributed by atoms with Crippen LogP contribution in [0, 0.1) is 6.92 Å². The van der Waals surface area contributed by atoms with E-state index in [1.54, 1.807) is 25.6 Å². The zero-order valence-corrected chi connectivity index (χ0v) is 16.3. The smallest absolute Gasteiger partial charge is 0.193 e. The van der Waals surface area contributed by atoms with Crippen LogP contribution in [0.2, 0.25) is 0 Å². The van der Waals surface area contributed by atoms with Gasteiger partial charge in [-0.25, -0.2) is 9.98 Å². The number of ether oxygens (including phenoxy) is 2. The van der Waals surface area contributed by atoms with Crippen LogP contribution in [-0.4, -0.2) is 25.2 Å². The average Bonchev–Trinajstić information content (AvgIpc) is 3.07. The summed E-state index contributed by atoms with van der Waals surface area (Å²) in [6.07, 6.45) is 0. The maximum atomic E-state index is 6.03. The number of hydrogen-bond donors (Lipinski definition) is 2. The van der Waals surface area contributed by atoms with Gasteiger partial charge in [0.25, 0.3) is 0 Å². The van der Waals surface area contributed by atoms with Crippen LogP contribution < -0.4 is 20.5 Å². The SMILES string of the molecule is COc1ccc(NC(N)=NCc2sc(-c3ccccc3)nc2C)cc1OC. The lowest BCUT2D eigenvalue weighted by molar-refractivity contribution is 0.355. The lowest BCUT2D eigenvalue weighted by atomic mass is 10.2. The Balaban J connectivity index is 1.70. The number of nitrogens with zero attached hydrogens (tertiary/aromatic N) is 2. The van der Waals surface area contributed by atoms with Gasteiger partial charge in [0.1, 0.15) is 5.01 Å². The fraction of sp³-hybridized carbons (Fsp3) is 0.200. The highest BCUT2D eigenvalue weighted by Crippen LogP contribution is 2.30. The van der Waals surface area contributed by atoms with Crippen molar-refractivity contribution in [2.75, 3.05) is 19.5 Å². The van der Waals surface area contributed by atoms with Crippen molar-refractivity contribution in [3.63, 3.8) is 0 Å². The second-order valence-electron chi connectivity index (χ2n) is 5.79. The van der Waals surface area contributed by atoms with Crippen molar-refractivity contribution in [3.8, 4) is 22.1 Å². The molecule has 0 spiro atoms. The van der Waals surface area contributed by atoms with E-state index in [4.69, 9.17) is 15.2 Å². The first-order valence-corrected chi connectivity index (χ1v) is 9.23. The predicted molar refractivity (Wildman–Crippen MR) is 111 cm³/mol. The van der Waals surface area contributed by atoms with E-state index >= 15 is 0 Å². The molecule has 1 heterocycles. The predicted octanol–water partition coefficient (Wildman–Crippen LogP) is 4.06. The summed E-state index contributed by atoms with van der Waals surface area (Å²) < 4.78 is 10.5. The first-order valence-electron chi connectivity index (χ1n) is 8.41. The Labute approximate surface area is 162 Å². The van der Waals surface area contributed by atoms with Crippen LogP contribution in [0.1, 0.15) is 10.6 Å². The summed E-state index contributed by atoms with van der Waals surface area (Å²) in [6.45, 7) is 2.47.